The maximum absolute atomic E-state index is 12.5. The van der Waals surface area contributed by atoms with Crippen molar-refractivity contribution in [2.24, 2.45) is 11.8 Å². The normalized spacial score (nSPS) is 11.4. The molecule has 2 rings (SSSR count). The third kappa shape index (κ3) is 4.90. The molecule has 0 aromatic heterocycles. The average molecular weight is 325 g/mol. The van der Waals surface area contributed by atoms with Gasteiger partial charge in [0.1, 0.15) is 5.92 Å². The Kier molecular flexibility index (Phi) is 6.24. The minimum absolute atomic E-state index is 0.0566. The van der Waals surface area contributed by atoms with E-state index in [0.29, 0.717) is 11.1 Å². The van der Waals surface area contributed by atoms with Gasteiger partial charge in [0.25, 0.3) is 0 Å². The van der Waals surface area contributed by atoms with Gasteiger partial charge in [-0.25, -0.2) is 0 Å². The Morgan fingerprint density at radius 2 is 1.60 bits per heavy atom. The van der Waals surface area contributed by atoms with Gasteiger partial charge in [-0.3, -0.25) is 4.79 Å². The third-order valence-electron chi connectivity index (χ3n) is 3.80. The molecule has 0 radical (unpaired) electrons. The number of rotatable bonds is 6. The smallest absolute Gasteiger partial charge is 0.163 e. The van der Waals surface area contributed by atoms with Crippen molar-refractivity contribution in [1.29, 1.82) is 15.8 Å². The Labute approximate surface area is 146 Å². The molecule has 0 aliphatic rings. The van der Waals surface area contributed by atoms with Crippen LogP contribution in [0.5, 0.6) is 0 Å². The first-order valence-corrected chi connectivity index (χ1v) is 7.73. The first-order chi connectivity index (χ1) is 12.2. The average Bonchev–Trinajstić information content (AvgIpc) is 2.67. The van der Waals surface area contributed by atoms with Crippen LogP contribution in [-0.4, -0.2) is 5.78 Å². The van der Waals surface area contributed by atoms with Crippen molar-refractivity contribution in [3.63, 3.8) is 0 Å². The number of nitriles is 3. The van der Waals surface area contributed by atoms with E-state index in [-0.39, 0.29) is 12.2 Å². The van der Waals surface area contributed by atoms with Gasteiger partial charge in [0.2, 0.25) is 0 Å². The summed E-state index contributed by atoms with van der Waals surface area (Å²) in [4.78, 5) is 12.5. The Hall–Kier alpha value is -3.68. The second-order valence-corrected chi connectivity index (χ2v) is 5.49. The van der Waals surface area contributed by atoms with E-state index >= 15 is 0 Å². The molecule has 0 aliphatic heterocycles. The summed E-state index contributed by atoms with van der Waals surface area (Å²) in [6, 6.07) is 21.7. The quantitative estimate of drug-likeness (QED) is 0.747. The van der Waals surface area contributed by atoms with Crippen molar-refractivity contribution < 1.29 is 4.79 Å². The van der Waals surface area contributed by atoms with Crippen LogP contribution in [-0.2, 0) is 0 Å². The lowest BCUT2D eigenvalue weighted by Gasteiger charge is -2.12. The maximum atomic E-state index is 12.5. The molecule has 0 bridgehead atoms. The number of carbonyl (C=O) groups excluding carboxylic acids is 1. The van der Waals surface area contributed by atoms with Crippen molar-refractivity contribution in [1.82, 2.24) is 0 Å². The van der Waals surface area contributed by atoms with E-state index in [0.717, 1.165) is 5.56 Å². The number of ketones is 1. The molecule has 2 aromatic rings. The Bertz CT molecular complexity index is 864. The predicted molar refractivity (Wildman–Crippen MR) is 93.8 cm³/mol. The van der Waals surface area contributed by atoms with Gasteiger partial charge in [-0.1, -0.05) is 54.6 Å². The Morgan fingerprint density at radius 1 is 0.960 bits per heavy atom. The van der Waals surface area contributed by atoms with Crippen LogP contribution < -0.4 is 0 Å². The van der Waals surface area contributed by atoms with Crippen molar-refractivity contribution in [3.8, 4) is 18.2 Å². The molecule has 0 spiro atoms. The molecular formula is C21H15N3O. The summed E-state index contributed by atoms with van der Waals surface area (Å²) in [5, 5.41) is 27.2. The Morgan fingerprint density at radius 3 is 2.16 bits per heavy atom. The molecule has 0 saturated heterocycles. The molecule has 0 aliphatic carbocycles. The number of hydrogen-bond acceptors (Lipinski definition) is 4. The summed E-state index contributed by atoms with van der Waals surface area (Å²) >= 11 is 0. The van der Waals surface area contributed by atoms with Crippen molar-refractivity contribution >= 4 is 11.9 Å². The summed E-state index contributed by atoms with van der Waals surface area (Å²) in [6.07, 6.45) is 3.62. The fraction of sp³-hybridized carbons (Fsp3) is 0.143. The van der Waals surface area contributed by atoms with Gasteiger partial charge in [-0.05, 0) is 17.7 Å². The highest BCUT2D eigenvalue weighted by Gasteiger charge is 2.22. The van der Waals surface area contributed by atoms with Gasteiger partial charge in [0.05, 0.1) is 23.8 Å². The Balaban J connectivity index is 2.19. The SMILES string of the molecule is N#Cc1ccc(C(=O)C[C@@H](/C=C/c2ccccc2)C(C#N)C#N)cc1. The van der Waals surface area contributed by atoms with Crippen molar-refractivity contribution in [2.45, 2.75) is 6.42 Å². The lowest BCUT2D eigenvalue weighted by Crippen LogP contribution is -2.14. The van der Waals surface area contributed by atoms with E-state index in [1.54, 1.807) is 30.3 Å². The fourth-order valence-corrected chi connectivity index (χ4v) is 2.38. The lowest BCUT2D eigenvalue weighted by atomic mass is 9.87. The van der Waals surface area contributed by atoms with Crippen molar-refractivity contribution in [3.05, 3.63) is 77.4 Å². The zero-order valence-corrected chi connectivity index (χ0v) is 13.5. The molecule has 0 heterocycles. The van der Waals surface area contributed by atoms with Gasteiger partial charge in [0, 0.05) is 17.9 Å². The molecule has 0 unspecified atom stereocenters. The van der Waals surface area contributed by atoms with Gasteiger partial charge in [-0.15, -0.1) is 0 Å². The van der Waals surface area contributed by atoms with Crippen LogP contribution in [0.3, 0.4) is 0 Å². The molecule has 0 amide bonds. The van der Waals surface area contributed by atoms with Crippen LogP contribution in [0.15, 0.2) is 60.7 Å². The molecule has 0 fully saturated rings. The maximum Gasteiger partial charge on any atom is 0.163 e. The van der Waals surface area contributed by atoms with Crippen LogP contribution in [0.25, 0.3) is 6.08 Å². The monoisotopic (exact) mass is 325 g/mol. The molecule has 0 saturated carbocycles. The largest absolute Gasteiger partial charge is 0.294 e. The molecule has 4 nitrogen and oxygen atoms in total. The second-order valence-electron chi connectivity index (χ2n) is 5.49. The third-order valence-corrected chi connectivity index (χ3v) is 3.80. The highest BCUT2D eigenvalue weighted by Crippen LogP contribution is 2.21. The molecule has 120 valence electrons. The molecule has 1 atom stereocenters. The highest BCUT2D eigenvalue weighted by atomic mass is 16.1. The van der Waals surface area contributed by atoms with E-state index in [9.17, 15) is 15.3 Å². The number of benzene rings is 2. The topological polar surface area (TPSA) is 88.4 Å². The lowest BCUT2D eigenvalue weighted by molar-refractivity contribution is 0.0966. The minimum atomic E-state index is -0.901. The number of hydrogen-bond donors (Lipinski definition) is 0. The second kappa shape index (κ2) is 8.82. The standard InChI is InChI=1S/C21H15N3O/c22-13-17-7-9-18(10-8-17)21(25)12-19(20(14-23)15-24)11-6-16-4-2-1-3-5-16/h1-11,19-20H,12H2/b11-6+/t19-/m1/s1. The van der Waals surface area contributed by atoms with E-state index in [1.165, 1.54) is 0 Å². The zero-order valence-electron chi connectivity index (χ0n) is 13.5. The summed E-state index contributed by atoms with van der Waals surface area (Å²) in [6.45, 7) is 0. The molecule has 4 heteroatoms. The van der Waals surface area contributed by atoms with Gasteiger partial charge in [0.15, 0.2) is 5.78 Å². The zero-order chi connectivity index (χ0) is 18.1. The van der Waals surface area contributed by atoms with E-state index < -0.39 is 11.8 Å². The number of carbonyl (C=O) groups is 1. The van der Waals surface area contributed by atoms with Gasteiger partial charge >= 0.3 is 0 Å². The summed E-state index contributed by atoms with van der Waals surface area (Å²) < 4.78 is 0. The van der Waals surface area contributed by atoms with Crippen molar-refractivity contribution in [2.75, 3.05) is 0 Å². The van der Waals surface area contributed by atoms with Crippen LogP contribution in [0.2, 0.25) is 0 Å². The fourth-order valence-electron chi connectivity index (χ4n) is 2.38. The summed E-state index contributed by atoms with van der Waals surface area (Å²) in [5.74, 6) is -1.57. The predicted octanol–water partition coefficient (Wildman–Crippen LogP) is 4.12. The van der Waals surface area contributed by atoms with Crippen LogP contribution in [0.1, 0.15) is 27.9 Å². The summed E-state index contributed by atoms with van der Waals surface area (Å²) in [5.41, 5.74) is 1.88. The molecule has 2 aromatic carbocycles. The minimum Gasteiger partial charge on any atom is -0.294 e. The van der Waals surface area contributed by atoms with Crippen LogP contribution >= 0.6 is 0 Å². The molecule has 25 heavy (non-hydrogen) atoms. The van der Waals surface area contributed by atoms with E-state index in [4.69, 9.17) is 5.26 Å². The van der Waals surface area contributed by atoms with Gasteiger partial charge in [-0.2, -0.15) is 15.8 Å². The van der Waals surface area contributed by atoms with E-state index in [2.05, 4.69) is 0 Å². The molecular weight excluding hydrogens is 310 g/mol. The molecule has 0 N–H and O–H groups in total. The van der Waals surface area contributed by atoms with Gasteiger partial charge < -0.3 is 0 Å². The first-order valence-electron chi connectivity index (χ1n) is 7.73. The van der Waals surface area contributed by atoms with E-state index in [1.807, 2.05) is 54.6 Å². The first kappa shape index (κ1) is 17.7. The van der Waals surface area contributed by atoms with Crippen LogP contribution in [0.4, 0.5) is 0 Å². The number of allylic oxidation sites excluding steroid dienone is 1. The highest BCUT2D eigenvalue weighted by molar-refractivity contribution is 5.96. The summed E-state index contributed by atoms with van der Waals surface area (Å²) in [7, 11) is 0. The number of nitrogens with zero attached hydrogens (tertiary/aromatic N) is 3. The number of Topliss-reactive ketones (excluding diaryl/α,β-unsaturated/α-hetero) is 1. The van der Waals surface area contributed by atoms with Crippen LogP contribution in [0, 0.1) is 45.8 Å².